The van der Waals surface area contributed by atoms with Crippen molar-refractivity contribution in [1.82, 2.24) is 4.57 Å². The van der Waals surface area contributed by atoms with Gasteiger partial charge in [0.05, 0.1) is 17.5 Å². The molecule has 5 nitrogen and oxygen atoms in total. The molecule has 130 valence electrons. The smallest absolute Gasteiger partial charge is 0.422 e. The van der Waals surface area contributed by atoms with Gasteiger partial charge in [-0.3, -0.25) is 4.57 Å². The minimum absolute atomic E-state index is 0.424. The number of benzene rings is 2. The summed E-state index contributed by atoms with van der Waals surface area (Å²) in [6.07, 6.45) is 0.629. The summed E-state index contributed by atoms with van der Waals surface area (Å²) in [4.78, 5) is 23.9. The molecule has 0 bridgehead atoms. The van der Waals surface area contributed by atoms with Gasteiger partial charge in [0.15, 0.2) is 0 Å². The van der Waals surface area contributed by atoms with Gasteiger partial charge in [-0.1, -0.05) is 23.8 Å². The van der Waals surface area contributed by atoms with Crippen LogP contribution in [0.2, 0.25) is 0 Å². The van der Waals surface area contributed by atoms with Crippen molar-refractivity contribution < 1.29 is 9.15 Å². The van der Waals surface area contributed by atoms with Gasteiger partial charge < -0.3 is 9.15 Å². The van der Waals surface area contributed by atoms with Gasteiger partial charge in [0.2, 0.25) is 0 Å². The number of nitrogens with zero attached hydrogens (tertiary/aromatic N) is 1. The van der Waals surface area contributed by atoms with E-state index in [1.54, 1.807) is 12.1 Å². The third-order valence-electron chi connectivity index (χ3n) is 4.19. The third-order valence-corrected chi connectivity index (χ3v) is 4.19. The fourth-order valence-corrected chi connectivity index (χ4v) is 2.82. The Labute approximate surface area is 145 Å². The summed E-state index contributed by atoms with van der Waals surface area (Å²) in [6, 6.07) is 11.5. The molecule has 0 atom stereocenters. The lowest BCUT2D eigenvalue weighted by molar-refractivity contribution is 0.295. The second-order valence-electron chi connectivity index (χ2n) is 6.30. The number of ether oxygens (including phenoxy) is 1. The van der Waals surface area contributed by atoms with Crippen LogP contribution in [0.5, 0.6) is 5.75 Å². The minimum atomic E-state index is -0.631. The van der Waals surface area contributed by atoms with Gasteiger partial charge >= 0.3 is 11.4 Å². The maximum atomic E-state index is 12.1. The molecule has 3 rings (SSSR count). The van der Waals surface area contributed by atoms with Crippen molar-refractivity contribution in [3.8, 4) is 5.75 Å². The fourth-order valence-electron chi connectivity index (χ4n) is 2.82. The summed E-state index contributed by atoms with van der Waals surface area (Å²) < 4.78 is 12.2. The second-order valence-corrected chi connectivity index (χ2v) is 6.30. The summed E-state index contributed by atoms with van der Waals surface area (Å²) in [5.74, 6) is 0.223. The topological polar surface area (TPSA) is 61.4 Å². The maximum Gasteiger partial charge on any atom is 0.422 e. The molecule has 0 radical (unpaired) electrons. The quantitative estimate of drug-likeness (QED) is 0.669. The Morgan fingerprint density at radius 3 is 2.52 bits per heavy atom. The van der Waals surface area contributed by atoms with E-state index in [1.807, 2.05) is 45.0 Å². The van der Waals surface area contributed by atoms with Crippen molar-refractivity contribution in [2.75, 3.05) is 6.61 Å². The van der Waals surface area contributed by atoms with Gasteiger partial charge in [0.1, 0.15) is 5.75 Å². The zero-order valence-electron chi connectivity index (χ0n) is 14.7. The summed E-state index contributed by atoms with van der Waals surface area (Å²) in [5, 5.41) is 0.426. The molecule has 0 unspecified atom stereocenters. The van der Waals surface area contributed by atoms with Crippen molar-refractivity contribution in [3.63, 3.8) is 0 Å². The van der Waals surface area contributed by atoms with Gasteiger partial charge in [-0.15, -0.1) is 0 Å². The van der Waals surface area contributed by atoms with Crippen LogP contribution >= 0.6 is 0 Å². The molecule has 0 saturated carbocycles. The maximum absolute atomic E-state index is 12.1. The Bertz CT molecular complexity index is 1030. The van der Waals surface area contributed by atoms with Crippen molar-refractivity contribution in [2.45, 2.75) is 33.7 Å². The van der Waals surface area contributed by atoms with Crippen LogP contribution in [-0.2, 0) is 6.54 Å². The summed E-state index contributed by atoms with van der Waals surface area (Å²) in [6.45, 7) is 6.82. The molecule has 0 aliphatic rings. The van der Waals surface area contributed by atoms with Gasteiger partial charge in [-0.2, -0.15) is 0 Å². The largest absolute Gasteiger partial charge is 0.493 e. The Morgan fingerprint density at radius 1 is 1.00 bits per heavy atom. The molecule has 0 saturated heterocycles. The van der Waals surface area contributed by atoms with E-state index in [1.165, 1.54) is 4.57 Å². The molecule has 3 aromatic rings. The number of fused-ring (bicyclic) bond motifs is 1. The standard InChI is InChI=1S/C20H21NO4/c1-13-6-8-17-16(11-13)19(22)25-20(23)21(17)9-4-10-24-18-12-14(2)5-7-15(18)3/h5-8,11-12H,4,9-10H2,1-3H3. The Kier molecular flexibility index (Phi) is 4.74. The summed E-state index contributed by atoms with van der Waals surface area (Å²) in [7, 11) is 0. The lowest BCUT2D eigenvalue weighted by atomic mass is 10.1. The van der Waals surface area contributed by atoms with E-state index < -0.39 is 11.4 Å². The van der Waals surface area contributed by atoms with Crippen molar-refractivity contribution in [1.29, 1.82) is 0 Å². The van der Waals surface area contributed by atoms with E-state index >= 15 is 0 Å². The molecule has 0 aliphatic carbocycles. The van der Waals surface area contributed by atoms with E-state index in [9.17, 15) is 9.59 Å². The Morgan fingerprint density at radius 2 is 1.72 bits per heavy atom. The zero-order valence-corrected chi connectivity index (χ0v) is 14.7. The Hall–Kier alpha value is -2.82. The van der Waals surface area contributed by atoms with E-state index in [4.69, 9.17) is 9.15 Å². The van der Waals surface area contributed by atoms with Crippen molar-refractivity contribution in [2.24, 2.45) is 0 Å². The highest BCUT2D eigenvalue weighted by atomic mass is 16.5. The first-order chi connectivity index (χ1) is 12.0. The number of hydrogen-bond donors (Lipinski definition) is 0. The van der Waals surface area contributed by atoms with Crippen LogP contribution < -0.4 is 16.1 Å². The molecule has 0 amide bonds. The average molecular weight is 339 g/mol. The lowest BCUT2D eigenvalue weighted by Gasteiger charge is -2.11. The van der Waals surface area contributed by atoms with Crippen LogP contribution in [0.4, 0.5) is 0 Å². The molecule has 0 N–H and O–H groups in total. The summed E-state index contributed by atoms with van der Waals surface area (Å²) >= 11 is 0. The number of aromatic nitrogens is 1. The molecule has 1 heterocycles. The SMILES string of the molecule is Cc1ccc(C)c(OCCCn2c(=O)oc(=O)c3cc(C)ccc32)c1. The van der Waals surface area contributed by atoms with Crippen molar-refractivity contribution in [3.05, 3.63) is 74.1 Å². The highest BCUT2D eigenvalue weighted by molar-refractivity contribution is 5.78. The van der Waals surface area contributed by atoms with Crippen LogP contribution in [0.25, 0.3) is 10.9 Å². The van der Waals surface area contributed by atoms with Crippen LogP contribution in [0, 0.1) is 20.8 Å². The molecule has 1 aromatic heterocycles. The van der Waals surface area contributed by atoms with Crippen LogP contribution in [-0.4, -0.2) is 11.2 Å². The monoisotopic (exact) mass is 339 g/mol. The van der Waals surface area contributed by atoms with Gasteiger partial charge in [0, 0.05) is 6.54 Å². The predicted molar refractivity (Wildman–Crippen MR) is 97.5 cm³/mol. The molecule has 25 heavy (non-hydrogen) atoms. The number of aryl methyl sites for hydroxylation is 4. The second kappa shape index (κ2) is 6.97. The molecule has 0 aliphatic heterocycles. The van der Waals surface area contributed by atoms with E-state index in [-0.39, 0.29) is 0 Å². The normalized spacial score (nSPS) is 11.0. The molecule has 0 spiro atoms. The molecular weight excluding hydrogens is 318 g/mol. The van der Waals surface area contributed by atoms with Crippen LogP contribution in [0.3, 0.4) is 0 Å². The van der Waals surface area contributed by atoms with Crippen molar-refractivity contribution >= 4 is 10.9 Å². The van der Waals surface area contributed by atoms with Gasteiger partial charge in [-0.25, -0.2) is 9.59 Å². The zero-order chi connectivity index (χ0) is 18.0. The van der Waals surface area contributed by atoms with E-state index in [2.05, 4.69) is 0 Å². The molecule has 0 fully saturated rings. The predicted octanol–water partition coefficient (Wildman–Crippen LogP) is 3.35. The van der Waals surface area contributed by atoms with E-state index in [0.717, 1.165) is 22.4 Å². The van der Waals surface area contributed by atoms with Crippen LogP contribution in [0.1, 0.15) is 23.1 Å². The minimum Gasteiger partial charge on any atom is -0.493 e. The first-order valence-corrected chi connectivity index (χ1v) is 8.30. The summed E-state index contributed by atoms with van der Waals surface area (Å²) in [5.41, 5.74) is 3.17. The number of hydrogen-bond acceptors (Lipinski definition) is 4. The molecular formula is C20H21NO4. The number of rotatable bonds is 5. The highest BCUT2D eigenvalue weighted by Crippen LogP contribution is 2.19. The fraction of sp³-hybridized carbons (Fsp3) is 0.300. The first kappa shape index (κ1) is 17.0. The van der Waals surface area contributed by atoms with Gasteiger partial charge in [-0.05, 0) is 56.5 Å². The van der Waals surface area contributed by atoms with Crippen LogP contribution in [0.15, 0.2) is 50.4 Å². The van der Waals surface area contributed by atoms with Gasteiger partial charge in [0.25, 0.3) is 0 Å². The first-order valence-electron chi connectivity index (χ1n) is 8.30. The lowest BCUT2D eigenvalue weighted by Crippen LogP contribution is -2.25. The molecule has 2 aromatic carbocycles. The molecule has 5 heteroatoms. The Balaban J connectivity index is 1.76. The highest BCUT2D eigenvalue weighted by Gasteiger charge is 2.09. The third kappa shape index (κ3) is 3.65. The van der Waals surface area contributed by atoms with E-state index in [0.29, 0.717) is 30.5 Å². The average Bonchev–Trinajstić information content (AvgIpc) is 2.57.